The fourth-order valence-electron chi connectivity index (χ4n) is 2.46. The first-order valence-corrected chi connectivity index (χ1v) is 6.07. The number of benzene rings is 1. The van der Waals surface area contributed by atoms with Crippen LogP contribution in [0.15, 0.2) is 48.7 Å². The Morgan fingerprint density at radius 1 is 1.22 bits per heavy atom. The van der Waals surface area contributed by atoms with E-state index < -0.39 is 0 Å². The molecule has 1 atom stereocenters. The third-order valence-corrected chi connectivity index (χ3v) is 3.46. The van der Waals surface area contributed by atoms with Crippen molar-refractivity contribution < 1.29 is 4.79 Å². The molecule has 1 amide bonds. The zero-order valence-corrected chi connectivity index (χ0v) is 10.2. The van der Waals surface area contributed by atoms with Gasteiger partial charge in [-0.3, -0.25) is 9.78 Å². The molecule has 1 aromatic carbocycles. The number of amides is 1. The minimum atomic E-state index is -0.000648. The molecule has 0 N–H and O–H groups in total. The summed E-state index contributed by atoms with van der Waals surface area (Å²) in [6.45, 7) is 2.74. The van der Waals surface area contributed by atoms with Gasteiger partial charge < -0.3 is 4.90 Å². The second-order valence-corrected chi connectivity index (χ2v) is 4.52. The Kier molecular flexibility index (Phi) is 2.59. The number of rotatable bonds is 1. The van der Waals surface area contributed by atoms with Crippen molar-refractivity contribution in [3.63, 3.8) is 0 Å². The lowest BCUT2D eigenvalue weighted by molar-refractivity contribution is 0.0699. The van der Waals surface area contributed by atoms with E-state index in [4.69, 9.17) is 0 Å². The highest BCUT2D eigenvalue weighted by molar-refractivity contribution is 5.93. The molecule has 1 aromatic heterocycles. The fourth-order valence-corrected chi connectivity index (χ4v) is 2.46. The first-order chi connectivity index (χ1) is 8.77. The molecule has 3 heteroatoms. The molecule has 0 unspecified atom stereocenters. The monoisotopic (exact) mass is 238 g/mol. The van der Waals surface area contributed by atoms with E-state index in [1.807, 2.05) is 29.2 Å². The molecular formula is C15H14N2O. The summed E-state index contributed by atoms with van der Waals surface area (Å²) in [6.07, 6.45) is 1.65. The van der Waals surface area contributed by atoms with Crippen LogP contribution in [0, 0.1) is 0 Å². The van der Waals surface area contributed by atoms with Crippen LogP contribution in [0.2, 0.25) is 0 Å². The van der Waals surface area contributed by atoms with Crippen molar-refractivity contribution in [1.29, 1.82) is 0 Å². The highest BCUT2D eigenvalue weighted by Gasteiger charge is 2.30. The van der Waals surface area contributed by atoms with Crippen molar-refractivity contribution in [2.45, 2.75) is 19.5 Å². The lowest BCUT2D eigenvalue weighted by atomic mass is 10.1. The summed E-state index contributed by atoms with van der Waals surface area (Å²) in [4.78, 5) is 18.4. The maximum atomic E-state index is 12.4. The second kappa shape index (κ2) is 4.26. The molecule has 0 spiro atoms. The number of hydrogen-bond acceptors (Lipinski definition) is 2. The number of nitrogens with zero attached hydrogens (tertiary/aromatic N) is 2. The van der Waals surface area contributed by atoms with Gasteiger partial charge in [0.25, 0.3) is 5.91 Å². The first kappa shape index (κ1) is 11.0. The predicted molar refractivity (Wildman–Crippen MR) is 69.0 cm³/mol. The summed E-state index contributed by atoms with van der Waals surface area (Å²) in [5.41, 5.74) is 2.98. The Bertz CT molecular complexity index is 580. The molecule has 0 radical (unpaired) electrons. The highest BCUT2D eigenvalue weighted by atomic mass is 16.2. The number of pyridine rings is 1. The van der Waals surface area contributed by atoms with E-state index in [2.05, 4.69) is 24.0 Å². The van der Waals surface area contributed by atoms with Gasteiger partial charge in [0.05, 0.1) is 6.04 Å². The Morgan fingerprint density at radius 3 is 2.72 bits per heavy atom. The molecule has 1 aliphatic rings. The van der Waals surface area contributed by atoms with Gasteiger partial charge >= 0.3 is 0 Å². The van der Waals surface area contributed by atoms with Gasteiger partial charge in [0.1, 0.15) is 5.69 Å². The van der Waals surface area contributed by atoms with Crippen molar-refractivity contribution in [3.05, 3.63) is 65.5 Å². The van der Waals surface area contributed by atoms with E-state index in [0.717, 1.165) is 0 Å². The smallest absolute Gasteiger partial charge is 0.273 e. The van der Waals surface area contributed by atoms with Crippen molar-refractivity contribution in [1.82, 2.24) is 9.88 Å². The Balaban J connectivity index is 1.91. The normalized spacial score (nSPS) is 17.6. The molecule has 0 fully saturated rings. The van der Waals surface area contributed by atoms with Crippen LogP contribution in [0.5, 0.6) is 0 Å². The lowest BCUT2D eigenvalue weighted by Crippen LogP contribution is -2.28. The van der Waals surface area contributed by atoms with E-state index in [0.29, 0.717) is 12.2 Å². The maximum absolute atomic E-state index is 12.4. The predicted octanol–water partition coefficient (Wildman–Crippen LogP) is 2.80. The fraction of sp³-hybridized carbons (Fsp3) is 0.200. The number of hydrogen-bond donors (Lipinski definition) is 0. The van der Waals surface area contributed by atoms with E-state index in [1.54, 1.807) is 12.3 Å². The van der Waals surface area contributed by atoms with Gasteiger partial charge in [0, 0.05) is 12.7 Å². The van der Waals surface area contributed by atoms with Crippen LogP contribution < -0.4 is 0 Å². The minimum absolute atomic E-state index is 0.000648. The van der Waals surface area contributed by atoms with Crippen LogP contribution in [0.1, 0.15) is 34.6 Å². The summed E-state index contributed by atoms with van der Waals surface area (Å²) >= 11 is 0. The Labute approximate surface area is 106 Å². The lowest BCUT2D eigenvalue weighted by Gasteiger charge is -2.21. The topological polar surface area (TPSA) is 33.2 Å². The average Bonchev–Trinajstić information content (AvgIpc) is 2.77. The first-order valence-electron chi connectivity index (χ1n) is 6.07. The van der Waals surface area contributed by atoms with Crippen molar-refractivity contribution in [2.24, 2.45) is 0 Å². The van der Waals surface area contributed by atoms with Crippen LogP contribution in [0.4, 0.5) is 0 Å². The SMILES string of the molecule is C[C@@H]1c2ccccc2CN1C(=O)c1ccccn1. The Hall–Kier alpha value is -2.16. The molecule has 2 aromatic rings. The minimum Gasteiger partial charge on any atom is -0.326 e. The molecule has 0 saturated heterocycles. The van der Waals surface area contributed by atoms with E-state index >= 15 is 0 Å². The molecule has 3 rings (SSSR count). The van der Waals surface area contributed by atoms with Gasteiger partial charge in [-0.1, -0.05) is 30.3 Å². The molecule has 3 nitrogen and oxygen atoms in total. The van der Waals surface area contributed by atoms with Crippen LogP contribution in [-0.4, -0.2) is 15.8 Å². The number of carbonyl (C=O) groups is 1. The molecule has 18 heavy (non-hydrogen) atoms. The zero-order valence-electron chi connectivity index (χ0n) is 10.2. The van der Waals surface area contributed by atoms with Crippen LogP contribution in [-0.2, 0) is 6.54 Å². The van der Waals surface area contributed by atoms with Gasteiger partial charge in [0.2, 0.25) is 0 Å². The summed E-state index contributed by atoms with van der Waals surface area (Å²) < 4.78 is 0. The van der Waals surface area contributed by atoms with Gasteiger partial charge in [-0.15, -0.1) is 0 Å². The Morgan fingerprint density at radius 2 is 2.00 bits per heavy atom. The van der Waals surface area contributed by atoms with E-state index in [1.165, 1.54) is 11.1 Å². The van der Waals surface area contributed by atoms with Gasteiger partial charge in [-0.2, -0.15) is 0 Å². The van der Waals surface area contributed by atoms with Crippen LogP contribution in [0.3, 0.4) is 0 Å². The summed E-state index contributed by atoms with van der Waals surface area (Å²) in [5, 5.41) is 0. The average molecular weight is 238 g/mol. The number of aromatic nitrogens is 1. The molecule has 1 aliphatic heterocycles. The van der Waals surface area contributed by atoms with Gasteiger partial charge in [-0.25, -0.2) is 0 Å². The quantitative estimate of drug-likeness (QED) is 0.765. The summed E-state index contributed by atoms with van der Waals surface area (Å²) in [6, 6.07) is 13.7. The van der Waals surface area contributed by atoms with Crippen LogP contribution >= 0.6 is 0 Å². The van der Waals surface area contributed by atoms with E-state index in [-0.39, 0.29) is 11.9 Å². The third kappa shape index (κ3) is 1.68. The second-order valence-electron chi connectivity index (χ2n) is 4.52. The molecule has 0 bridgehead atoms. The number of carbonyl (C=O) groups excluding carboxylic acids is 1. The zero-order chi connectivity index (χ0) is 12.5. The third-order valence-electron chi connectivity index (χ3n) is 3.46. The van der Waals surface area contributed by atoms with Crippen molar-refractivity contribution >= 4 is 5.91 Å². The molecule has 0 saturated carbocycles. The maximum Gasteiger partial charge on any atom is 0.273 e. The summed E-state index contributed by atoms with van der Waals surface area (Å²) in [5.74, 6) is -0.000648. The molecular weight excluding hydrogens is 224 g/mol. The standard InChI is InChI=1S/C15H14N2O/c1-11-13-7-3-2-6-12(13)10-17(11)15(18)14-8-4-5-9-16-14/h2-9,11H,10H2,1H3/t11-/m1/s1. The largest absolute Gasteiger partial charge is 0.326 e. The van der Waals surface area contributed by atoms with Crippen molar-refractivity contribution in [3.8, 4) is 0 Å². The van der Waals surface area contributed by atoms with Crippen molar-refractivity contribution in [2.75, 3.05) is 0 Å². The van der Waals surface area contributed by atoms with Crippen LogP contribution in [0.25, 0.3) is 0 Å². The number of fused-ring (bicyclic) bond motifs is 1. The summed E-state index contributed by atoms with van der Waals surface area (Å²) in [7, 11) is 0. The molecule has 0 aliphatic carbocycles. The van der Waals surface area contributed by atoms with E-state index in [9.17, 15) is 4.79 Å². The molecule has 90 valence electrons. The molecule has 2 heterocycles. The van der Waals surface area contributed by atoms with Gasteiger partial charge in [-0.05, 0) is 30.2 Å². The van der Waals surface area contributed by atoms with Gasteiger partial charge in [0.15, 0.2) is 0 Å². The highest BCUT2D eigenvalue weighted by Crippen LogP contribution is 2.33.